The first kappa shape index (κ1) is 16.5. The van der Waals surface area contributed by atoms with Crippen LogP contribution in [0.5, 0.6) is 5.75 Å². The first-order valence-electron chi connectivity index (χ1n) is 7.13. The molecule has 0 spiro atoms. The van der Waals surface area contributed by atoms with Crippen LogP contribution >= 0.6 is 11.3 Å². The summed E-state index contributed by atoms with van der Waals surface area (Å²) >= 11 is 1.79. The Morgan fingerprint density at radius 3 is 2.64 bits per heavy atom. The van der Waals surface area contributed by atoms with Gasteiger partial charge in [0.2, 0.25) is 0 Å². The third-order valence-corrected chi connectivity index (χ3v) is 4.70. The SMILES string of the molecule is COc1ccc([C@H](C)NCc2cc(C)sc2C)cc1C(=O)O. The molecule has 1 aromatic heterocycles. The second-order valence-corrected chi connectivity index (χ2v) is 6.77. The minimum atomic E-state index is -0.977. The van der Waals surface area contributed by atoms with Crippen molar-refractivity contribution in [3.8, 4) is 5.75 Å². The Morgan fingerprint density at radius 2 is 2.09 bits per heavy atom. The van der Waals surface area contributed by atoms with Crippen molar-refractivity contribution in [2.75, 3.05) is 7.11 Å². The summed E-state index contributed by atoms with van der Waals surface area (Å²) < 4.78 is 5.09. The van der Waals surface area contributed by atoms with Crippen LogP contribution in [0.3, 0.4) is 0 Å². The highest BCUT2D eigenvalue weighted by molar-refractivity contribution is 7.12. The number of carbonyl (C=O) groups is 1. The third-order valence-electron chi connectivity index (χ3n) is 3.70. The van der Waals surface area contributed by atoms with Crippen molar-refractivity contribution >= 4 is 17.3 Å². The quantitative estimate of drug-likeness (QED) is 0.847. The van der Waals surface area contributed by atoms with Crippen LogP contribution in [-0.4, -0.2) is 18.2 Å². The summed E-state index contributed by atoms with van der Waals surface area (Å²) in [5.41, 5.74) is 2.42. The molecule has 0 amide bonds. The Morgan fingerprint density at radius 1 is 1.36 bits per heavy atom. The zero-order chi connectivity index (χ0) is 16.3. The fourth-order valence-corrected chi connectivity index (χ4v) is 3.35. The van der Waals surface area contributed by atoms with Crippen molar-refractivity contribution in [2.24, 2.45) is 0 Å². The van der Waals surface area contributed by atoms with Crippen LogP contribution in [0.4, 0.5) is 0 Å². The smallest absolute Gasteiger partial charge is 0.339 e. The maximum atomic E-state index is 11.3. The van der Waals surface area contributed by atoms with E-state index in [1.165, 1.54) is 22.4 Å². The van der Waals surface area contributed by atoms with E-state index in [-0.39, 0.29) is 11.6 Å². The van der Waals surface area contributed by atoms with Gasteiger partial charge in [-0.2, -0.15) is 0 Å². The van der Waals surface area contributed by atoms with Gasteiger partial charge in [-0.05, 0) is 50.1 Å². The molecule has 5 heteroatoms. The van der Waals surface area contributed by atoms with Crippen LogP contribution in [0.1, 0.15) is 44.2 Å². The van der Waals surface area contributed by atoms with Gasteiger partial charge in [0, 0.05) is 22.3 Å². The zero-order valence-corrected chi connectivity index (χ0v) is 14.1. The highest BCUT2D eigenvalue weighted by atomic mass is 32.1. The van der Waals surface area contributed by atoms with Crippen LogP contribution in [0.15, 0.2) is 24.3 Å². The summed E-state index contributed by atoms with van der Waals surface area (Å²) in [4.78, 5) is 13.9. The van der Waals surface area contributed by atoms with Gasteiger partial charge in [0.1, 0.15) is 11.3 Å². The molecule has 0 aliphatic heterocycles. The lowest BCUT2D eigenvalue weighted by atomic mass is 10.0. The molecule has 0 bridgehead atoms. The molecule has 0 aliphatic carbocycles. The predicted octanol–water partition coefficient (Wildman–Crippen LogP) is 3.92. The van der Waals surface area contributed by atoms with Gasteiger partial charge >= 0.3 is 5.97 Å². The van der Waals surface area contributed by atoms with Crippen molar-refractivity contribution in [1.29, 1.82) is 0 Å². The molecule has 0 saturated carbocycles. The second kappa shape index (κ2) is 6.94. The zero-order valence-electron chi connectivity index (χ0n) is 13.3. The average molecular weight is 319 g/mol. The predicted molar refractivity (Wildman–Crippen MR) is 89.0 cm³/mol. The number of aromatic carboxylic acids is 1. The normalized spacial score (nSPS) is 12.2. The summed E-state index contributed by atoms with van der Waals surface area (Å²) in [5, 5.41) is 12.7. The molecule has 0 unspecified atom stereocenters. The number of methoxy groups -OCH3 is 1. The first-order chi connectivity index (χ1) is 10.4. The number of benzene rings is 1. The number of thiophene rings is 1. The Kier molecular flexibility index (Phi) is 5.21. The van der Waals surface area contributed by atoms with E-state index in [9.17, 15) is 9.90 Å². The van der Waals surface area contributed by atoms with E-state index >= 15 is 0 Å². The van der Waals surface area contributed by atoms with E-state index < -0.39 is 5.97 Å². The highest BCUT2D eigenvalue weighted by Gasteiger charge is 2.14. The minimum Gasteiger partial charge on any atom is -0.496 e. The number of hydrogen-bond acceptors (Lipinski definition) is 4. The number of carboxylic acids is 1. The molecule has 4 nitrogen and oxygen atoms in total. The van der Waals surface area contributed by atoms with Crippen LogP contribution < -0.4 is 10.1 Å². The number of carboxylic acid groups (broad SMARTS) is 1. The van der Waals surface area contributed by atoms with E-state index in [0.717, 1.165) is 12.1 Å². The molecule has 118 valence electrons. The highest BCUT2D eigenvalue weighted by Crippen LogP contribution is 2.25. The Labute approximate surface area is 134 Å². The largest absolute Gasteiger partial charge is 0.496 e. The molecular formula is C17H21NO3S. The van der Waals surface area contributed by atoms with Crippen LogP contribution in [0, 0.1) is 13.8 Å². The third kappa shape index (κ3) is 3.67. The van der Waals surface area contributed by atoms with Crippen molar-refractivity contribution in [1.82, 2.24) is 5.32 Å². The summed E-state index contributed by atoms with van der Waals surface area (Å²) in [6, 6.07) is 7.52. The lowest BCUT2D eigenvalue weighted by Crippen LogP contribution is -2.18. The number of aryl methyl sites for hydroxylation is 2. The monoisotopic (exact) mass is 319 g/mol. The van der Waals surface area contributed by atoms with Crippen LogP contribution in [0.2, 0.25) is 0 Å². The molecule has 0 radical (unpaired) electrons. The molecular weight excluding hydrogens is 298 g/mol. The number of hydrogen-bond donors (Lipinski definition) is 2. The number of ether oxygens (including phenoxy) is 1. The molecule has 1 aromatic carbocycles. The van der Waals surface area contributed by atoms with Gasteiger partial charge in [-0.1, -0.05) is 6.07 Å². The molecule has 0 fully saturated rings. The summed E-state index contributed by atoms with van der Waals surface area (Å²) in [6.45, 7) is 7.02. The minimum absolute atomic E-state index is 0.0589. The van der Waals surface area contributed by atoms with Crippen molar-refractivity contribution in [3.63, 3.8) is 0 Å². The first-order valence-corrected chi connectivity index (χ1v) is 7.94. The summed E-state index contributed by atoms with van der Waals surface area (Å²) in [6.07, 6.45) is 0. The average Bonchev–Trinajstić information content (AvgIpc) is 2.81. The van der Waals surface area contributed by atoms with Gasteiger partial charge in [0.25, 0.3) is 0 Å². The Hall–Kier alpha value is -1.85. The van der Waals surface area contributed by atoms with Crippen molar-refractivity contribution in [2.45, 2.75) is 33.4 Å². The van der Waals surface area contributed by atoms with Crippen molar-refractivity contribution in [3.05, 3.63) is 50.7 Å². The molecule has 2 aromatic rings. The van der Waals surface area contributed by atoms with E-state index in [0.29, 0.717) is 5.75 Å². The van der Waals surface area contributed by atoms with Gasteiger partial charge in [0.05, 0.1) is 7.11 Å². The fourth-order valence-electron chi connectivity index (χ4n) is 2.40. The fraction of sp³-hybridized carbons (Fsp3) is 0.353. The van der Waals surface area contributed by atoms with E-state index in [4.69, 9.17) is 4.74 Å². The molecule has 2 N–H and O–H groups in total. The molecule has 0 aliphatic rings. The maximum absolute atomic E-state index is 11.3. The lowest BCUT2D eigenvalue weighted by Gasteiger charge is -2.16. The van der Waals surface area contributed by atoms with Gasteiger partial charge < -0.3 is 15.2 Å². The Balaban J connectivity index is 2.12. The van der Waals surface area contributed by atoms with Crippen LogP contribution in [-0.2, 0) is 6.54 Å². The molecule has 22 heavy (non-hydrogen) atoms. The van der Waals surface area contributed by atoms with Crippen LogP contribution in [0.25, 0.3) is 0 Å². The van der Waals surface area contributed by atoms with Crippen molar-refractivity contribution < 1.29 is 14.6 Å². The molecule has 0 saturated heterocycles. The van der Waals surface area contributed by atoms with Gasteiger partial charge in [-0.3, -0.25) is 0 Å². The van der Waals surface area contributed by atoms with E-state index in [1.807, 2.05) is 13.0 Å². The van der Waals surface area contributed by atoms with E-state index in [2.05, 4.69) is 25.2 Å². The Bertz CT molecular complexity index is 679. The molecule has 1 heterocycles. The number of rotatable bonds is 6. The molecule has 2 rings (SSSR count). The lowest BCUT2D eigenvalue weighted by molar-refractivity contribution is 0.0693. The summed E-state index contributed by atoms with van der Waals surface area (Å²) in [7, 11) is 1.48. The molecule has 1 atom stereocenters. The number of nitrogens with one attached hydrogen (secondary N) is 1. The summed E-state index contributed by atoms with van der Waals surface area (Å²) in [5.74, 6) is -0.594. The standard InChI is InChI=1S/C17H21NO3S/c1-10-7-14(12(3)22-10)9-18-11(2)13-5-6-16(21-4)15(8-13)17(19)20/h5-8,11,18H,9H2,1-4H3,(H,19,20)/t11-/m0/s1. The topological polar surface area (TPSA) is 58.6 Å². The maximum Gasteiger partial charge on any atom is 0.339 e. The second-order valence-electron chi connectivity index (χ2n) is 5.31. The van der Waals surface area contributed by atoms with Gasteiger partial charge in [0.15, 0.2) is 0 Å². The van der Waals surface area contributed by atoms with E-state index in [1.54, 1.807) is 23.5 Å². The van der Waals surface area contributed by atoms with Gasteiger partial charge in [-0.25, -0.2) is 4.79 Å². The van der Waals surface area contributed by atoms with Gasteiger partial charge in [-0.15, -0.1) is 11.3 Å².